The van der Waals surface area contributed by atoms with E-state index in [1.165, 1.54) is 19.4 Å². The molecule has 0 atom stereocenters. The second-order valence-corrected chi connectivity index (χ2v) is 3.04. The fraction of sp³-hybridized carbons (Fsp3) is 0.100. The van der Waals surface area contributed by atoms with E-state index in [-0.39, 0.29) is 17.0 Å². The van der Waals surface area contributed by atoms with Gasteiger partial charge in [-0.1, -0.05) is 0 Å². The lowest BCUT2D eigenvalue weighted by Crippen LogP contribution is -2.09. The van der Waals surface area contributed by atoms with E-state index in [9.17, 15) is 9.59 Å². The van der Waals surface area contributed by atoms with Crippen molar-refractivity contribution < 1.29 is 13.9 Å². The third-order valence-corrected chi connectivity index (χ3v) is 2.09. The van der Waals surface area contributed by atoms with Gasteiger partial charge in [0.25, 0.3) is 0 Å². The van der Waals surface area contributed by atoms with Crippen molar-refractivity contribution in [3.05, 3.63) is 34.3 Å². The summed E-state index contributed by atoms with van der Waals surface area (Å²) in [5, 5.41) is 0.402. The van der Waals surface area contributed by atoms with E-state index in [1.807, 2.05) is 0 Å². The minimum absolute atomic E-state index is 0.0559. The number of nitrogens with two attached hydrogens (primary N) is 1. The number of esters is 1. The molecule has 2 N–H and O–H groups in total. The molecule has 0 spiro atoms. The summed E-state index contributed by atoms with van der Waals surface area (Å²) in [6, 6.07) is 2.59. The highest BCUT2D eigenvalue weighted by atomic mass is 16.5. The zero-order valence-electron chi connectivity index (χ0n) is 8.39. The maximum atomic E-state index is 11.4. The Hall–Kier alpha value is -2.37. The molecule has 0 aliphatic heterocycles. The van der Waals surface area contributed by atoms with Crippen LogP contribution in [0.2, 0.25) is 0 Å². The molecule has 2 heterocycles. The third kappa shape index (κ3) is 1.50. The van der Waals surface area contributed by atoms with Gasteiger partial charge in [0, 0.05) is 17.6 Å². The predicted octanol–water partition coefficient (Wildman–Crippen LogP) is 0.557. The number of methoxy groups -OCH3 is 1. The fourth-order valence-corrected chi connectivity index (χ4v) is 1.39. The van der Waals surface area contributed by atoms with Gasteiger partial charge >= 0.3 is 11.6 Å². The smallest absolute Gasteiger partial charge is 0.338 e. The topological polar surface area (TPSA) is 95.4 Å². The lowest BCUT2D eigenvalue weighted by molar-refractivity contribution is 0.0602. The van der Waals surface area contributed by atoms with Crippen molar-refractivity contribution in [1.82, 2.24) is 4.98 Å². The molecule has 2 rings (SSSR count). The van der Waals surface area contributed by atoms with Gasteiger partial charge in [-0.15, -0.1) is 0 Å². The Morgan fingerprint density at radius 3 is 3.00 bits per heavy atom. The van der Waals surface area contributed by atoms with Crippen LogP contribution in [0.4, 0.5) is 5.82 Å². The van der Waals surface area contributed by atoms with Crippen LogP contribution in [0.1, 0.15) is 10.4 Å². The molecule has 0 radical (unpaired) electrons. The van der Waals surface area contributed by atoms with E-state index in [4.69, 9.17) is 10.2 Å². The number of pyridine rings is 1. The van der Waals surface area contributed by atoms with Crippen LogP contribution in [0.25, 0.3) is 11.0 Å². The molecule has 0 unspecified atom stereocenters. The van der Waals surface area contributed by atoms with Crippen LogP contribution in [0.3, 0.4) is 0 Å². The molecule has 6 nitrogen and oxygen atoms in total. The maximum Gasteiger partial charge on any atom is 0.338 e. The number of aromatic nitrogens is 1. The van der Waals surface area contributed by atoms with Crippen molar-refractivity contribution in [1.29, 1.82) is 0 Å². The lowest BCUT2D eigenvalue weighted by atomic mass is 10.1. The van der Waals surface area contributed by atoms with Gasteiger partial charge < -0.3 is 14.9 Å². The largest absolute Gasteiger partial charge is 0.465 e. The highest BCUT2D eigenvalue weighted by Crippen LogP contribution is 2.20. The van der Waals surface area contributed by atoms with Gasteiger partial charge in [0.2, 0.25) is 0 Å². The predicted molar refractivity (Wildman–Crippen MR) is 56.0 cm³/mol. The fourth-order valence-electron chi connectivity index (χ4n) is 1.39. The molecule has 6 heteroatoms. The molecule has 0 amide bonds. The molecule has 2 aromatic heterocycles. The average molecular weight is 220 g/mol. The van der Waals surface area contributed by atoms with Gasteiger partial charge in [-0.05, 0) is 6.07 Å². The molecule has 0 aliphatic rings. The normalized spacial score (nSPS) is 10.3. The van der Waals surface area contributed by atoms with Crippen molar-refractivity contribution in [3.8, 4) is 0 Å². The Labute approximate surface area is 89.6 Å². The molecule has 0 fully saturated rings. The number of carbonyl (C=O) groups is 1. The molecule has 0 saturated heterocycles. The lowest BCUT2D eigenvalue weighted by Gasteiger charge is -2.03. The summed E-state index contributed by atoms with van der Waals surface area (Å²) in [6.07, 6.45) is 1.42. The Morgan fingerprint density at radius 1 is 1.56 bits per heavy atom. The second kappa shape index (κ2) is 3.65. The van der Waals surface area contributed by atoms with Gasteiger partial charge in [-0.3, -0.25) is 0 Å². The highest BCUT2D eigenvalue weighted by molar-refractivity contribution is 6.04. The van der Waals surface area contributed by atoms with Gasteiger partial charge in [0.05, 0.1) is 12.7 Å². The maximum absolute atomic E-state index is 11.4. The minimum atomic E-state index is -0.674. The van der Waals surface area contributed by atoms with Crippen LogP contribution < -0.4 is 11.4 Å². The van der Waals surface area contributed by atoms with Crippen LogP contribution in [0, 0.1) is 0 Å². The highest BCUT2D eigenvalue weighted by Gasteiger charge is 2.14. The van der Waals surface area contributed by atoms with Crippen molar-refractivity contribution >= 4 is 22.8 Å². The van der Waals surface area contributed by atoms with Crippen molar-refractivity contribution in [3.63, 3.8) is 0 Å². The van der Waals surface area contributed by atoms with Crippen LogP contribution in [-0.2, 0) is 4.74 Å². The van der Waals surface area contributed by atoms with Gasteiger partial charge in [0.15, 0.2) is 11.4 Å². The Morgan fingerprint density at radius 2 is 2.31 bits per heavy atom. The molecule has 2 aromatic rings. The van der Waals surface area contributed by atoms with Crippen molar-refractivity contribution in [2.24, 2.45) is 0 Å². The first-order valence-corrected chi connectivity index (χ1v) is 4.40. The minimum Gasteiger partial charge on any atom is -0.465 e. The summed E-state index contributed by atoms with van der Waals surface area (Å²) in [7, 11) is 1.23. The summed E-state index contributed by atoms with van der Waals surface area (Å²) in [4.78, 5) is 26.4. The average Bonchev–Trinajstić information content (AvgIpc) is 2.28. The third-order valence-electron chi connectivity index (χ3n) is 2.09. The molecular formula is C10H8N2O4. The molecule has 16 heavy (non-hydrogen) atoms. The van der Waals surface area contributed by atoms with Crippen LogP contribution >= 0.6 is 0 Å². The number of fused-ring (bicyclic) bond motifs is 1. The van der Waals surface area contributed by atoms with E-state index in [2.05, 4.69) is 9.72 Å². The van der Waals surface area contributed by atoms with Gasteiger partial charge in [-0.2, -0.15) is 0 Å². The number of hydrogen-bond acceptors (Lipinski definition) is 6. The van der Waals surface area contributed by atoms with Crippen LogP contribution in [0.5, 0.6) is 0 Å². The number of anilines is 1. The summed E-state index contributed by atoms with van der Waals surface area (Å²) < 4.78 is 9.44. The van der Waals surface area contributed by atoms with Crippen molar-refractivity contribution in [2.75, 3.05) is 12.8 Å². The van der Waals surface area contributed by atoms with Gasteiger partial charge in [0.1, 0.15) is 0 Å². The number of hydrogen-bond donors (Lipinski definition) is 1. The number of rotatable bonds is 1. The Balaban J connectivity index is 2.88. The number of nitrogen functional groups attached to an aromatic ring is 1. The number of ether oxygens (including phenoxy) is 1. The van der Waals surface area contributed by atoms with E-state index in [1.54, 1.807) is 0 Å². The zero-order valence-corrected chi connectivity index (χ0v) is 8.39. The molecule has 82 valence electrons. The summed E-state index contributed by atoms with van der Waals surface area (Å²) in [5.41, 5.74) is 5.07. The second-order valence-electron chi connectivity index (χ2n) is 3.04. The van der Waals surface area contributed by atoms with E-state index >= 15 is 0 Å². The Kier molecular flexibility index (Phi) is 2.32. The Bertz CT molecular complexity index is 618. The van der Waals surface area contributed by atoms with Gasteiger partial charge in [-0.25, -0.2) is 14.6 Å². The first-order valence-electron chi connectivity index (χ1n) is 4.40. The quantitative estimate of drug-likeness (QED) is 0.705. The van der Waals surface area contributed by atoms with E-state index < -0.39 is 11.6 Å². The first-order chi connectivity index (χ1) is 7.63. The summed E-state index contributed by atoms with van der Waals surface area (Å²) in [5.74, 6) is -0.566. The molecule has 0 aromatic carbocycles. The molecule has 0 saturated carbocycles. The summed E-state index contributed by atoms with van der Waals surface area (Å²) >= 11 is 0. The van der Waals surface area contributed by atoms with Crippen LogP contribution in [0.15, 0.2) is 27.5 Å². The van der Waals surface area contributed by atoms with E-state index in [0.717, 1.165) is 6.07 Å². The molecular weight excluding hydrogens is 212 g/mol. The number of carbonyl (C=O) groups excluding carboxylic acids is 1. The monoisotopic (exact) mass is 220 g/mol. The van der Waals surface area contributed by atoms with Crippen LogP contribution in [-0.4, -0.2) is 18.1 Å². The molecule has 0 bridgehead atoms. The van der Waals surface area contributed by atoms with E-state index in [0.29, 0.717) is 5.39 Å². The molecule has 0 aliphatic carbocycles. The van der Waals surface area contributed by atoms with Crippen molar-refractivity contribution in [2.45, 2.75) is 0 Å². The number of nitrogens with zero attached hydrogens (tertiary/aromatic N) is 1. The standard InChI is InChI=1S/C10H8N2O4/c1-15-10(14)6-4-7(13)16-8-5(6)2-3-12-9(8)11/h2-4H,1H3,(H2,11,12). The SMILES string of the molecule is COC(=O)c1cc(=O)oc2c(N)nccc12. The summed E-state index contributed by atoms with van der Waals surface area (Å²) in [6.45, 7) is 0. The first kappa shape index (κ1) is 10.2. The zero-order chi connectivity index (χ0) is 11.7.